The Morgan fingerprint density at radius 3 is 2.54 bits per heavy atom. The molecule has 0 saturated carbocycles. The molecule has 0 spiro atoms. The number of fused-ring (bicyclic) bond motifs is 1. The van der Waals surface area contributed by atoms with Crippen molar-refractivity contribution < 1.29 is 46.5 Å². The van der Waals surface area contributed by atoms with Gasteiger partial charge in [-0.05, 0) is 20.3 Å². The summed E-state index contributed by atoms with van der Waals surface area (Å²) in [6.07, 6.45) is -6.90. The molecule has 144 valence electrons. The van der Waals surface area contributed by atoms with Crippen molar-refractivity contribution in [3.63, 3.8) is 0 Å². The maximum Gasteiger partial charge on any atom is 0.422 e. The zero-order chi connectivity index (χ0) is 19.4. The quantitative estimate of drug-likeness (QED) is 0.405. The molecule has 3 saturated heterocycles. The van der Waals surface area contributed by atoms with Gasteiger partial charge in [0, 0.05) is 0 Å². The third-order valence-corrected chi connectivity index (χ3v) is 4.73. The van der Waals surface area contributed by atoms with Gasteiger partial charge in [-0.2, -0.15) is 13.2 Å². The summed E-state index contributed by atoms with van der Waals surface area (Å²) in [5, 5.41) is 0. The molecular weight excluding hydrogens is 361 g/mol. The van der Waals surface area contributed by atoms with Gasteiger partial charge in [0.25, 0.3) is 0 Å². The molecule has 0 aromatic rings. The van der Waals surface area contributed by atoms with Crippen LogP contribution in [0.3, 0.4) is 0 Å². The Hall–Kier alpha value is -2.10. The van der Waals surface area contributed by atoms with Crippen molar-refractivity contribution in [1.29, 1.82) is 0 Å². The van der Waals surface area contributed by atoms with E-state index in [-0.39, 0.29) is 11.9 Å². The van der Waals surface area contributed by atoms with E-state index in [0.717, 1.165) is 0 Å². The SMILES string of the molecule is C=C(C(=O)OCC(C)(C)C(=O)OC1C2CC3C(=O)OC1C3O2)C(F)(F)F. The van der Waals surface area contributed by atoms with Crippen LogP contribution in [0.25, 0.3) is 0 Å². The molecule has 2 bridgehead atoms. The molecule has 0 amide bonds. The highest BCUT2D eigenvalue weighted by molar-refractivity contribution is 5.89. The van der Waals surface area contributed by atoms with Gasteiger partial charge in [0.05, 0.1) is 17.4 Å². The van der Waals surface area contributed by atoms with E-state index in [9.17, 15) is 27.6 Å². The lowest BCUT2D eigenvalue weighted by Crippen LogP contribution is -2.44. The molecule has 10 heteroatoms. The van der Waals surface area contributed by atoms with Gasteiger partial charge in [-0.25, -0.2) is 4.79 Å². The van der Waals surface area contributed by atoms with Crippen molar-refractivity contribution in [2.75, 3.05) is 6.61 Å². The number of hydrogen-bond acceptors (Lipinski definition) is 7. The summed E-state index contributed by atoms with van der Waals surface area (Å²) < 4.78 is 57.9. The average Bonchev–Trinajstić information content (AvgIpc) is 3.15. The predicted octanol–water partition coefficient (Wildman–Crippen LogP) is 1.30. The molecule has 0 aliphatic carbocycles. The Labute approximate surface area is 146 Å². The lowest BCUT2D eigenvalue weighted by molar-refractivity contribution is -0.174. The van der Waals surface area contributed by atoms with Gasteiger partial charge in [0.2, 0.25) is 0 Å². The molecule has 0 aromatic carbocycles. The first kappa shape index (κ1) is 18.7. The summed E-state index contributed by atoms with van der Waals surface area (Å²) in [5.74, 6) is -3.19. The van der Waals surface area contributed by atoms with Crippen LogP contribution in [0.2, 0.25) is 0 Å². The Morgan fingerprint density at radius 2 is 1.92 bits per heavy atom. The lowest BCUT2D eigenvalue weighted by atomic mass is 9.87. The van der Waals surface area contributed by atoms with Crippen LogP contribution in [0.1, 0.15) is 20.3 Å². The van der Waals surface area contributed by atoms with Crippen molar-refractivity contribution in [1.82, 2.24) is 0 Å². The van der Waals surface area contributed by atoms with Crippen LogP contribution in [0.4, 0.5) is 13.2 Å². The molecule has 0 aromatic heterocycles. The highest BCUT2D eigenvalue weighted by Crippen LogP contribution is 2.47. The Bertz CT molecular complexity index is 669. The molecule has 3 fully saturated rings. The van der Waals surface area contributed by atoms with Crippen LogP contribution < -0.4 is 0 Å². The van der Waals surface area contributed by atoms with Gasteiger partial charge in [0.15, 0.2) is 12.2 Å². The van der Waals surface area contributed by atoms with Crippen LogP contribution in [0.15, 0.2) is 12.2 Å². The minimum Gasteiger partial charge on any atom is -0.461 e. The van der Waals surface area contributed by atoms with E-state index in [2.05, 4.69) is 11.3 Å². The standard InChI is InChI=1S/C16H17F3O7/c1-6(16(17,18)19)12(20)23-5-15(2,3)14(22)26-10-8-4-7-9(24-8)11(10)25-13(7)21/h7-11H,1,4-5H2,2-3H3. The van der Waals surface area contributed by atoms with Gasteiger partial charge in [-0.15, -0.1) is 0 Å². The summed E-state index contributed by atoms with van der Waals surface area (Å²) in [6, 6.07) is 0. The molecular formula is C16H17F3O7. The molecule has 0 radical (unpaired) electrons. The van der Waals surface area contributed by atoms with Crippen molar-refractivity contribution in [2.45, 2.75) is 50.9 Å². The van der Waals surface area contributed by atoms with Crippen molar-refractivity contribution in [3.05, 3.63) is 12.2 Å². The number of carbonyl (C=O) groups excluding carboxylic acids is 3. The first-order chi connectivity index (χ1) is 11.9. The fourth-order valence-electron chi connectivity index (χ4n) is 3.17. The highest BCUT2D eigenvalue weighted by Gasteiger charge is 2.65. The minimum absolute atomic E-state index is 0.345. The van der Waals surface area contributed by atoms with Crippen molar-refractivity contribution in [2.24, 2.45) is 11.3 Å². The Balaban J connectivity index is 1.57. The monoisotopic (exact) mass is 378 g/mol. The second kappa shape index (κ2) is 5.97. The summed E-state index contributed by atoms with van der Waals surface area (Å²) in [7, 11) is 0. The van der Waals surface area contributed by atoms with Crippen molar-refractivity contribution in [3.8, 4) is 0 Å². The van der Waals surface area contributed by atoms with Crippen LogP contribution in [-0.4, -0.2) is 55.1 Å². The number of esters is 3. The van der Waals surface area contributed by atoms with Gasteiger partial charge < -0.3 is 18.9 Å². The largest absolute Gasteiger partial charge is 0.461 e. The molecule has 0 N–H and O–H groups in total. The van der Waals surface area contributed by atoms with E-state index in [1.54, 1.807) is 0 Å². The molecule has 26 heavy (non-hydrogen) atoms. The molecule has 3 heterocycles. The summed E-state index contributed by atoms with van der Waals surface area (Å²) in [6.45, 7) is 4.72. The normalized spacial score (nSPS) is 32.3. The lowest BCUT2D eigenvalue weighted by Gasteiger charge is -2.28. The van der Waals surface area contributed by atoms with E-state index >= 15 is 0 Å². The number of carbonyl (C=O) groups is 3. The fourth-order valence-corrected chi connectivity index (χ4v) is 3.17. The topological polar surface area (TPSA) is 88.1 Å². The Kier molecular flexibility index (Phi) is 4.29. The fraction of sp³-hybridized carbons (Fsp3) is 0.688. The smallest absolute Gasteiger partial charge is 0.422 e. The number of ether oxygens (including phenoxy) is 4. The maximum atomic E-state index is 12.4. The zero-order valence-electron chi connectivity index (χ0n) is 14.0. The van der Waals surface area contributed by atoms with Crippen LogP contribution in [-0.2, 0) is 33.3 Å². The number of alkyl halides is 3. The molecule has 3 rings (SSSR count). The van der Waals surface area contributed by atoms with Gasteiger partial charge in [-0.1, -0.05) is 6.58 Å². The number of halogens is 3. The first-order valence-electron chi connectivity index (χ1n) is 7.92. The summed E-state index contributed by atoms with van der Waals surface area (Å²) in [4.78, 5) is 35.4. The third-order valence-electron chi connectivity index (χ3n) is 4.73. The summed E-state index contributed by atoms with van der Waals surface area (Å²) in [5.41, 5.74) is -3.07. The van der Waals surface area contributed by atoms with Crippen molar-refractivity contribution >= 4 is 17.9 Å². The maximum absolute atomic E-state index is 12.4. The van der Waals surface area contributed by atoms with Crippen LogP contribution in [0.5, 0.6) is 0 Å². The second-order valence-corrected chi connectivity index (χ2v) is 7.19. The van der Waals surface area contributed by atoms with E-state index < -0.39 is 60.1 Å². The van der Waals surface area contributed by atoms with Crippen LogP contribution >= 0.6 is 0 Å². The Morgan fingerprint density at radius 1 is 1.27 bits per heavy atom. The van der Waals surface area contributed by atoms with E-state index in [4.69, 9.17) is 14.2 Å². The number of hydrogen-bond donors (Lipinski definition) is 0. The summed E-state index contributed by atoms with van der Waals surface area (Å²) >= 11 is 0. The highest BCUT2D eigenvalue weighted by atomic mass is 19.4. The van der Waals surface area contributed by atoms with E-state index in [0.29, 0.717) is 6.42 Å². The average molecular weight is 378 g/mol. The molecule has 3 aliphatic rings. The molecule has 5 unspecified atom stereocenters. The van der Waals surface area contributed by atoms with E-state index in [1.165, 1.54) is 13.8 Å². The minimum atomic E-state index is -4.91. The van der Waals surface area contributed by atoms with E-state index in [1.807, 2.05) is 0 Å². The predicted molar refractivity (Wildman–Crippen MR) is 76.5 cm³/mol. The number of rotatable bonds is 5. The molecule has 3 aliphatic heterocycles. The first-order valence-corrected chi connectivity index (χ1v) is 7.92. The van der Waals surface area contributed by atoms with Gasteiger partial charge in [-0.3, -0.25) is 9.59 Å². The second-order valence-electron chi connectivity index (χ2n) is 7.19. The van der Waals surface area contributed by atoms with Crippen LogP contribution in [0, 0.1) is 11.3 Å². The molecule has 5 atom stereocenters. The third kappa shape index (κ3) is 3.06. The molecule has 7 nitrogen and oxygen atoms in total. The zero-order valence-corrected chi connectivity index (χ0v) is 14.0. The van der Waals surface area contributed by atoms with Gasteiger partial charge in [0.1, 0.15) is 18.3 Å². The van der Waals surface area contributed by atoms with Gasteiger partial charge >= 0.3 is 24.1 Å².